The number of anilines is 2. The Labute approximate surface area is 206 Å². The molecule has 1 saturated heterocycles. The van der Waals surface area contributed by atoms with Crippen molar-refractivity contribution in [2.45, 2.75) is 51.1 Å². The van der Waals surface area contributed by atoms with Crippen LogP contribution < -0.4 is 25.0 Å². The van der Waals surface area contributed by atoms with Crippen molar-refractivity contribution in [3.05, 3.63) is 24.3 Å². The summed E-state index contributed by atoms with van der Waals surface area (Å²) in [5.41, 5.74) is 8.09. The maximum absolute atomic E-state index is 12.8. The van der Waals surface area contributed by atoms with Crippen molar-refractivity contribution in [1.29, 1.82) is 0 Å². The second-order valence-corrected chi connectivity index (χ2v) is 10.3. The average molecular weight is 504 g/mol. The van der Waals surface area contributed by atoms with E-state index in [0.29, 0.717) is 40.8 Å². The number of rotatable bonds is 3. The Morgan fingerprint density at radius 3 is 2.61 bits per heavy atom. The molecule has 2 aromatic heterocycles. The number of nitrogens with two attached hydrogens (primary N) is 1. The lowest BCUT2D eigenvalue weighted by Crippen LogP contribution is -2.52. The third-order valence-corrected chi connectivity index (χ3v) is 7.79. The van der Waals surface area contributed by atoms with Crippen molar-refractivity contribution < 1.29 is 22.6 Å². The number of halogens is 3. The Kier molecular flexibility index (Phi) is 5.22. The summed E-state index contributed by atoms with van der Waals surface area (Å²) in [5.74, 6) is 1.31. The van der Waals surface area contributed by atoms with Gasteiger partial charge in [0.1, 0.15) is 18.0 Å². The molecule has 2 fully saturated rings. The van der Waals surface area contributed by atoms with Crippen LogP contribution in [0.2, 0.25) is 0 Å². The van der Waals surface area contributed by atoms with E-state index in [0.717, 1.165) is 50.3 Å². The van der Waals surface area contributed by atoms with Crippen LogP contribution in [0.25, 0.3) is 17.0 Å². The Morgan fingerprint density at radius 1 is 1.17 bits per heavy atom. The van der Waals surface area contributed by atoms with Crippen molar-refractivity contribution in [3.63, 3.8) is 0 Å². The summed E-state index contributed by atoms with van der Waals surface area (Å²) < 4.78 is 50.2. The van der Waals surface area contributed by atoms with Gasteiger partial charge in [0.15, 0.2) is 17.4 Å². The highest BCUT2D eigenvalue weighted by Gasteiger charge is 2.45. The first kappa shape index (κ1) is 23.1. The van der Waals surface area contributed by atoms with Gasteiger partial charge in [-0.05, 0) is 50.2 Å². The number of likely N-dealkylation sites (N-methyl/N-ethyl adjacent to an activating group) is 1. The molecule has 3 aromatic rings. The Hall–Kier alpha value is -3.28. The Bertz CT molecular complexity index is 1290. The maximum atomic E-state index is 12.8. The third-order valence-electron chi connectivity index (χ3n) is 7.79. The number of aromatic nitrogens is 4. The fourth-order valence-electron chi connectivity index (χ4n) is 5.73. The summed E-state index contributed by atoms with van der Waals surface area (Å²) in [6.45, 7) is 4.23. The van der Waals surface area contributed by atoms with Gasteiger partial charge < -0.3 is 25.0 Å². The van der Waals surface area contributed by atoms with Crippen molar-refractivity contribution in [1.82, 2.24) is 19.8 Å². The van der Waals surface area contributed by atoms with Gasteiger partial charge in [0.2, 0.25) is 5.65 Å². The molecule has 1 aliphatic carbocycles. The first-order valence-corrected chi connectivity index (χ1v) is 12.1. The van der Waals surface area contributed by atoms with Crippen molar-refractivity contribution in [3.8, 4) is 22.9 Å². The van der Waals surface area contributed by atoms with Crippen molar-refractivity contribution in [2.24, 2.45) is 11.1 Å². The molecule has 192 valence electrons. The molecule has 1 spiro atoms. The minimum Gasteiger partial charge on any atom is -0.485 e. The van der Waals surface area contributed by atoms with E-state index in [4.69, 9.17) is 15.6 Å². The van der Waals surface area contributed by atoms with E-state index in [2.05, 4.69) is 31.7 Å². The number of piperidine rings is 1. The summed E-state index contributed by atoms with van der Waals surface area (Å²) in [5, 5.41) is 13.5. The topological polar surface area (TPSA) is 94.0 Å². The zero-order valence-corrected chi connectivity index (χ0v) is 20.1. The van der Waals surface area contributed by atoms with Gasteiger partial charge in [-0.3, -0.25) is 0 Å². The standard InChI is InChI=1S/C24H28F3N7O2/c1-14-13-35-19-18(32(14)2)21(33-8-6-23(7-9-33)11-16(28)12-23)31-34-20(29-30-22(19)34)15-4-3-5-17(10-15)36-24(25,26)27/h3-5,10,14,16H,6-9,11-13,28H2,1-2H3. The van der Waals surface area contributed by atoms with Crippen LogP contribution in [0.3, 0.4) is 0 Å². The molecular formula is C24H28F3N7O2. The van der Waals surface area contributed by atoms with Gasteiger partial charge in [-0.25, -0.2) is 0 Å². The normalized spacial score (nSPS) is 21.9. The van der Waals surface area contributed by atoms with Gasteiger partial charge in [0, 0.05) is 31.7 Å². The molecule has 3 aliphatic rings. The molecule has 0 amide bonds. The largest absolute Gasteiger partial charge is 0.573 e. The number of alkyl halides is 3. The number of fused-ring (bicyclic) bond motifs is 3. The van der Waals surface area contributed by atoms with E-state index >= 15 is 0 Å². The highest BCUT2D eigenvalue weighted by Crippen LogP contribution is 2.50. The van der Waals surface area contributed by atoms with E-state index in [-0.39, 0.29) is 11.8 Å². The molecule has 36 heavy (non-hydrogen) atoms. The predicted octanol–water partition coefficient (Wildman–Crippen LogP) is 3.61. The summed E-state index contributed by atoms with van der Waals surface area (Å²) in [4.78, 5) is 4.41. The van der Waals surface area contributed by atoms with Gasteiger partial charge in [-0.2, -0.15) is 4.52 Å². The van der Waals surface area contributed by atoms with E-state index in [1.807, 2.05) is 7.05 Å². The molecule has 1 unspecified atom stereocenters. The number of hydrogen-bond acceptors (Lipinski definition) is 8. The average Bonchev–Trinajstić information content (AvgIpc) is 3.24. The third kappa shape index (κ3) is 3.87. The van der Waals surface area contributed by atoms with E-state index < -0.39 is 6.36 Å². The second kappa shape index (κ2) is 8.12. The fourth-order valence-corrected chi connectivity index (χ4v) is 5.73. The Morgan fingerprint density at radius 2 is 1.92 bits per heavy atom. The summed E-state index contributed by atoms with van der Waals surface area (Å²) in [6.07, 6.45) is -0.571. The highest BCUT2D eigenvalue weighted by molar-refractivity contribution is 5.83. The van der Waals surface area contributed by atoms with Crippen LogP contribution in [0.1, 0.15) is 32.6 Å². The van der Waals surface area contributed by atoms with E-state index in [9.17, 15) is 13.2 Å². The van der Waals surface area contributed by atoms with Crippen LogP contribution in [0.15, 0.2) is 24.3 Å². The highest BCUT2D eigenvalue weighted by atomic mass is 19.4. The number of nitrogens with zero attached hydrogens (tertiary/aromatic N) is 6. The lowest BCUT2D eigenvalue weighted by Gasteiger charge is -2.51. The molecule has 1 atom stereocenters. The number of hydrogen-bond donors (Lipinski definition) is 1. The summed E-state index contributed by atoms with van der Waals surface area (Å²) in [6, 6.07) is 6.10. The van der Waals surface area contributed by atoms with Gasteiger partial charge in [0.05, 0.1) is 6.04 Å². The van der Waals surface area contributed by atoms with E-state index in [1.54, 1.807) is 10.6 Å². The molecule has 1 saturated carbocycles. The van der Waals surface area contributed by atoms with Gasteiger partial charge in [-0.1, -0.05) is 12.1 Å². The molecule has 6 rings (SSSR count). The zero-order valence-electron chi connectivity index (χ0n) is 20.1. The molecule has 2 N–H and O–H groups in total. The maximum Gasteiger partial charge on any atom is 0.573 e. The van der Waals surface area contributed by atoms with Crippen LogP contribution in [0.5, 0.6) is 11.5 Å². The molecular weight excluding hydrogens is 475 g/mol. The number of benzene rings is 1. The molecule has 2 aliphatic heterocycles. The molecule has 9 nitrogen and oxygen atoms in total. The van der Waals surface area contributed by atoms with Crippen LogP contribution in [-0.2, 0) is 0 Å². The lowest BCUT2D eigenvalue weighted by atomic mass is 9.61. The molecule has 12 heteroatoms. The number of ether oxygens (including phenoxy) is 2. The van der Waals surface area contributed by atoms with E-state index in [1.165, 1.54) is 18.2 Å². The summed E-state index contributed by atoms with van der Waals surface area (Å²) >= 11 is 0. The van der Waals surface area contributed by atoms with Crippen molar-refractivity contribution >= 4 is 17.2 Å². The van der Waals surface area contributed by atoms with Gasteiger partial charge >= 0.3 is 6.36 Å². The predicted molar refractivity (Wildman–Crippen MR) is 127 cm³/mol. The molecule has 1 aromatic carbocycles. The van der Waals surface area contributed by atoms with Gasteiger partial charge in [-0.15, -0.1) is 28.5 Å². The van der Waals surface area contributed by atoms with Crippen LogP contribution in [0.4, 0.5) is 24.7 Å². The smallest absolute Gasteiger partial charge is 0.485 e. The van der Waals surface area contributed by atoms with Gasteiger partial charge in [0.25, 0.3) is 0 Å². The second-order valence-electron chi connectivity index (χ2n) is 10.3. The van der Waals surface area contributed by atoms with Crippen LogP contribution in [0, 0.1) is 5.41 Å². The first-order valence-electron chi connectivity index (χ1n) is 12.1. The quantitative estimate of drug-likeness (QED) is 0.580. The Balaban J connectivity index is 1.43. The molecule has 4 heterocycles. The molecule has 0 radical (unpaired) electrons. The minimum absolute atomic E-state index is 0.139. The SMILES string of the molecule is CC1COc2c(c(N3CCC4(CC3)CC(N)C4)nn3c(-c4cccc(OC(F)(F)F)c4)nnc23)N1C. The lowest BCUT2D eigenvalue weighted by molar-refractivity contribution is -0.274. The monoisotopic (exact) mass is 503 g/mol. The first-order chi connectivity index (χ1) is 17.1. The van der Waals surface area contributed by atoms with Crippen LogP contribution in [-0.4, -0.2) is 65.0 Å². The van der Waals surface area contributed by atoms with Crippen LogP contribution >= 0.6 is 0 Å². The fraction of sp³-hybridized carbons (Fsp3) is 0.542. The zero-order chi connectivity index (χ0) is 25.2. The minimum atomic E-state index is -4.79. The van der Waals surface area contributed by atoms with Crippen molar-refractivity contribution in [2.75, 3.05) is 36.5 Å². The summed E-state index contributed by atoms with van der Waals surface area (Å²) in [7, 11) is 2.01. The molecule has 0 bridgehead atoms.